The first-order valence-corrected chi connectivity index (χ1v) is 6.03. The summed E-state index contributed by atoms with van der Waals surface area (Å²) in [4.78, 5) is 11.2. The fourth-order valence-electron chi connectivity index (χ4n) is 1.96. The van der Waals surface area contributed by atoms with Gasteiger partial charge >= 0.3 is 0 Å². The number of aliphatic hydroxyl groups is 1. The van der Waals surface area contributed by atoms with Crippen molar-refractivity contribution in [3.8, 4) is 0 Å². The van der Waals surface area contributed by atoms with Crippen LogP contribution in [-0.4, -0.2) is 32.1 Å². The van der Waals surface area contributed by atoms with Gasteiger partial charge in [0.15, 0.2) is 5.69 Å². The van der Waals surface area contributed by atoms with Crippen molar-refractivity contribution in [2.45, 2.75) is 45.3 Å². The first kappa shape index (κ1) is 12.0. The van der Waals surface area contributed by atoms with E-state index >= 15 is 0 Å². The Morgan fingerprint density at radius 3 is 2.88 bits per heavy atom. The number of aromatic nitrogens is 3. The van der Waals surface area contributed by atoms with Crippen LogP contribution in [-0.2, 0) is 13.0 Å². The quantitative estimate of drug-likeness (QED) is 0.735. The summed E-state index contributed by atoms with van der Waals surface area (Å²) in [6.07, 6.45) is 3.33. The summed E-state index contributed by atoms with van der Waals surface area (Å²) >= 11 is 0. The van der Waals surface area contributed by atoms with Gasteiger partial charge in [-0.1, -0.05) is 18.6 Å². The Labute approximate surface area is 99.8 Å². The van der Waals surface area contributed by atoms with Crippen molar-refractivity contribution in [2.24, 2.45) is 11.7 Å². The lowest BCUT2D eigenvalue weighted by Gasteiger charge is -2.11. The number of hydrogen-bond acceptors (Lipinski definition) is 4. The van der Waals surface area contributed by atoms with E-state index in [0.717, 1.165) is 25.0 Å². The van der Waals surface area contributed by atoms with E-state index in [1.54, 1.807) is 4.68 Å². The molecular formula is C11H18N4O2. The Balaban J connectivity index is 2.16. The lowest BCUT2D eigenvalue weighted by atomic mass is 10.2. The van der Waals surface area contributed by atoms with Crippen molar-refractivity contribution in [2.75, 3.05) is 0 Å². The Kier molecular flexibility index (Phi) is 3.42. The molecule has 2 rings (SSSR count). The Morgan fingerprint density at radius 1 is 1.65 bits per heavy atom. The molecule has 94 valence electrons. The summed E-state index contributed by atoms with van der Waals surface area (Å²) < 4.78 is 1.62. The highest BCUT2D eigenvalue weighted by Crippen LogP contribution is 2.33. The molecule has 0 spiro atoms. The number of amides is 1. The summed E-state index contributed by atoms with van der Waals surface area (Å²) in [6.45, 7) is 2.42. The van der Waals surface area contributed by atoms with E-state index in [-0.39, 0.29) is 5.69 Å². The third-order valence-corrected chi connectivity index (χ3v) is 3.08. The van der Waals surface area contributed by atoms with Gasteiger partial charge in [0.05, 0.1) is 18.3 Å². The second-order valence-electron chi connectivity index (χ2n) is 4.59. The molecule has 0 radical (unpaired) electrons. The van der Waals surface area contributed by atoms with Crippen molar-refractivity contribution < 1.29 is 9.90 Å². The van der Waals surface area contributed by atoms with E-state index in [1.165, 1.54) is 0 Å². The number of carbonyl (C=O) groups is 1. The van der Waals surface area contributed by atoms with Crippen LogP contribution in [0, 0.1) is 5.92 Å². The van der Waals surface area contributed by atoms with Crippen LogP contribution in [0.5, 0.6) is 0 Å². The van der Waals surface area contributed by atoms with Crippen molar-refractivity contribution in [3.63, 3.8) is 0 Å². The van der Waals surface area contributed by atoms with Gasteiger partial charge in [-0.15, -0.1) is 5.10 Å². The molecule has 0 saturated heterocycles. The van der Waals surface area contributed by atoms with Crippen molar-refractivity contribution in [1.82, 2.24) is 15.0 Å². The average Bonchev–Trinajstić information content (AvgIpc) is 3.04. The summed E-state index contributed by atoms with van der Waals surface area (Å²) in [5.41, 5.74) is 6.21. The van der Waals surface area contributed by atoms with E-state index in [9.17, 15) is 9.90 Å². The first-order chi connectivity index (χ1) is 8.13. The molecule has 0 bridgehead atoms. The van der Waals surface area contributed by atoms with E-state index in [2.05, 4.69) is 10.3 Å². The van der Waals surface area contributed by atoms with Crippen molar-refractivity contribution in [3.05, 3.63) is 11.4 Å². The van der Waals surface area contributed by atoms with Crippen LogP contribution in [0.2, 0.25) is 0 Å². The second kappa shape index (κ2) is 4.83. The molecule has 1 fully saturated rings. The smallest absolute Gasteiger partial charge is 0.271 e. The Bertz CT molecular complexity index is 412. The highest BCUT2D eigenvalue weighted by molar-refractivity contribution is 5.91. The number of rotatable bonds is 6. The first-order valence-electron chi connectivity index (χ1n) is 6.03. The van der Waals surface area contributed by atoms with Crippen LogP contribution in [0.4, 0.5) is 0 Å². The number of nitrogens with two attached hydrogens (primary N) is 1. The zero-order chi connectivity index (χ0) is 12.4. The SMILES string of the molecule is CCCc1c(C(N)=O)nnn1CC(O)C1CC1. The number of hydrogen-bond donors (Lipinski definition) is 2. The van der Waals surface area contributed by atoms with E-state index < -0.39 is 12.0 Å². The van der Waals surface area contributed by atoms with Gasteiger partial charge in [0.2, 0.25) is 0 Å². The molecule has 1 aromatic rings. The zero-order valence-electron chi connectivity index (χ0n) is 9.96. The minimum Gasteiger partial charge on any atom is -0.391 e. The highest BCUT2D eigenvalue weighted by Gasteiger charge is 2.31. The summed E-state index contributed by atoms with van der Waals surface area (Å²) in [5, 5.41) is 17.6. The van der Waals surface area contributed by atoms with Crippen LogP contribution in [0.25, 0.3) is 0 Å². The van der Waals surface area contributed by atoms with Crippen LogP contribution < -0.4 is 5.73 Å². The highest BCUT2D eigenvalue weighted by atomic mass is 16.3. The summed E-state index contributed by atoms with van der Waals surface area (Å²) in [5.74, 6) is -0.175. The average molecular weight is 238 g/mol. The molecule has 1 atom stereocenters. The van der Waals surface area contributed by atoms with Gasteiger partial charge in [-0.3, -0.25) is 4.79 Å². The molecule has 0 aromatic carbocycles. The van der Waals surface area contributed by atoms with Crippen LogP contribution in [0.15, 0.2) is 0 Å². The Morgan fingerprint density at radius 2 is 2.35 bits per heavy atom. The van der Waals surface area contributed by atoms with Crippen molar-refractivity contribution in [1.29, 1.82) is 0 Å². The second-order valence-corrected chi connectivity index (χ2v) is 4.59. The molecule has 6 nitrogen and oxygen atoms in total. The number of nitrogens with zero attached hydrogens (tertiary/aromatic N) is 3. The standard InChI is InChI=1S/C11H18N4O2/c1-2-3-8-10(11(12)17)13-14-15(8)6-9(16)7-4-5-7/h7,9,16H,2-6H2,1H3,(H2,12,17). The lowest BCUT2D eigenvalue weighted by Crippen LogP contribution is -2.21. The molecule has 1 amide bonds. The molecular weight excluding hydrogens is 220 g/mol. The minimum absolute atomic E-state index is 0.231. The Hall–Kier alpha value is -1.43. The number of aliphatic hydroxyl groups excluding tert-OH is 1. The van der Waals surface area contributed by atoms with Gasteiger partial charge in [0, 0.05) is 0 Å². The largest absolute Gasteiger partial charge is 0.391 e. The van der Waals surface area contributed by atoms with Gasteiger partial charge < -0.3 is 10.8 Å². The van der Waals surface area contributed by atoms with Gasteiger partial charge in [0.25, 0.3) is 5.91 Å². The number of primary amides is 1. The van der Waals surface area contributed by atoms with Crippen LogP contribution in [0.1, 0.15) is 42.4 Å². The molecule has 0 aliphatic heterocycles. The summed E-state index contributed by atoms with van der Waals surface area (Å²) in [6, 6.07) is 0. The predicted molar refractivity (Wildman–Crippen MR) is 61.3 cm³/mol. The number of carbonyl (C=O) groups excluding carboxylic acids is 1. The molecule has 6 heteroatoms. The van der Waals surface area contributed by atoms with Gasteiger partial charge in [-0.05, 0) is 25.2 Å². The molecule has 1 aromatic heterocycles. The van der Waals surface area contributed by atoms with Crippen LogP contribution in [0.3, 0.4) is 0 Å². The predicted octanol–water partition coefficient (Wildman–Crippen LogP) is 0.100. The molecule has 1 heterocycles. The normalized spacial score (nSPS) is 17.1. The molecule has 1 saturated carbocycles. The molecule has 3 N–H and O–H groups in total. The van der Waals surface area contributed by atoms with Crippen molar-refractivity contribution >= 4 is 5.91 Å². The maximum absolute atomic E-state index is 11.2. The molecule has 1 aliphatic carbocycles. The van der Waals surface area contributed by atoms with Gasteiger partial charge in [0.1, 0.15) is 0 Å². The third-order valence-electron chi connectivity index (χ3n) is 3.08. The minimum atomic E-state index is -0.555. The summed E-state index contributed by atoms with van der Waals surface area (Å²) in [7, 11) is 0. The monoisotopic (exact) mass is 238 g/mol. The maximum Gasteiger partial charge on any atom is 0.271 e. The van der Waals surface area contributed by atoms with Gasteiger partial charge in [-0.2, -0.15) is 0 Å². The zero-order valence-corrected chi connectivity index (χ0v) is 9.96. The van der Waals surface area contributed by atoms with E-state index in [4.69, 9.17) is 5.73 Å². The molecule has 17 heavy (non-hydrogen) atoms. The fourth-order valence-corrected chi connectivity index (χ4v) is 1.96. The van der Waals surface area contributed by atoms with Gasteiger partial charge in [-0.25, -0.2) is 4.68 Å². The van der Waals surface area contributed by atoms with E-state index in [0.29, 0.717) is 18.9 Å². The van der Waals surface area contributed by atoms with E-state index in [1.807, 2.05) is 6.92 Å². The topological polar surface area (TPSA) is 94.0 Å². The fraction of sp³-hybridized carbons (Fsp3) is 0.727. The molecule has 1 aliphatic rings. The molecule has 1 unspecified atom stereocenters. The maximum atomic E-state index is 11.2. The third kappa shape index (κ3) is 2.63. The van der Waals surface area contributed by atoms with Crippen LogP contribution >= 0.6 is 0 Å². The lowest BCUT2D eigenvalue weighted by molar-refractivity contribution is 0.0993.